The molecule has 0 saturated heterocycles. The Kier molecular flexibility index (Phi) is 4.06. The van der Waals surface area contributed by atoms with Crippen LogP contribution in [0.2, 0.25) is 0 Å². The topological polar surface area (TPSA) is 67.2 Å². The maximum absolute atomic E-state index is 11.7. The summed E-state index contributed by atoms with van der Waals surface area (Å²) in [6.45, 7) is 5.95. The molecule has 0 fully saturated rings. The molecule has 0 bridgehead atoms. The monoisotopic (exact) mass is 225 g/mol. The summed E-state index contributed by atoms with van der Waals surface area (Å²) in [5.74, 6) is 1.29. The lowest BCUT2D eigenvalue weighted by atomic mass is 10.1. The molecule has 1 rings (SSSR count). The summed E-state index contributed by atoms with van der Waals surface area (Å²) in [7, 11) is 1.75. The predicted molar refractivity (Wildman–Crippen MR) is 60.9 cm³/mol. The van der Waals surface area contributed by atoms with Crippen LogP contribution >= 0.6 is 0 Å². The van der Waals surface area contributed by atoms with Gasteiger partial charge in [0.15, 0.2) is 0 Å². The van der Waals surface area contributed by atoms with Crippen LogP contribution in [-0.4, -0.2) is 23.5 Å². The van der Waals surface area contributed by atoms with Gasteiger partial charge in [-0.1, -0.05) is 6.92 Å². The molecule has 90 valence electrons. The highest BCUT2D eigenvalue weighted by Crippen LogP contribution is 2.05. The molecule has 0 aliphatic heterocycles. The first kappa shape index (κ1) is 12.7. The van der Waals surface area contributed by atoms with E-state index in [0.717, 1.165) is 12.2 Å². The van der Waals surface area contributed by atoms with Crippen molar-refractivity contribution < 1.29 is 9.21 Å². The van der Waals surface area contributed by atoms with E-state index in [9.17, 15) is 4.79 Å². The van der Waals surface area contributed by atoms with E-state index in [-0.39, 0.29) is 5.91 Å². The maximum atomic E-state index is 11.7. The van der Waals surface area contributed by atoms with E-state index in [1.54, 1.807) is 13.2 Å². The zero-order chi connectivity index (χ0) is 12.2. The summed E-state index contributed by atoms with van der Waals surface area (Å²) >= 11 is 0. The van der Waals surface area contributed by atoms with Crippen molar-refractivity contribution in [3.8, 4) is 0 Å². The van der Waals surface area contributed by atoms with Gasteiger partial charge in [0.1, 0.15) is 5.76 Å². The Morgan fingerprint density at radius 3 is 2.75 bits per heavy atom. The molecule has 0 aromatic carbocycles. The zero-order valence-corrected chi connectivity index (χ0v) is 10.3. The Hall–Kier alpha value is -1.36. The van der Waals surface area contributed by atoms with Gasteiger partial charge in [-0.05, 0) is 20.9 Å². The zero-order valence-electron chi connectivity index (χ0n) is 10.3. The summed E-state index contributed by atoms with van der Waals surface area (Å²) in [6.07, 6.45) is 2.49. The van der Waals surface area contributed by atoms with Gasteiger partial charge in [-0.15, -0.1) is 0 Å². The molecule has 1 amide bonds. The van der Waals surface area contributed by atoms with Crippen LogP contribution in [-0.2, 0) is 17.8 Å². The number of hydrogen-bond donors (Lipinski definition) is 2. The number of amides is 1. The van der Waals surface area contributed by atoms with Crippen molar-refractivity contribution in [2.45, 2.75) is 39.3 Å². The number of likely N-dealkylation sites (N-methyl/N-ethyl adjacent to an activating group) is 1. The molecule has 0 aliphatic carbocycles. The highest BCUT2D eigenvalue weighted by molar-refractivity contribution is 5.85. The number of carbonyl (C=O) groups excluding carboxylic acids is 1. The Bertz CT molecular complexity index is 358. The standard InChI is InChI=1S/C11H19N3O2/c1-5-8-6-13-9(16-8)7-14-10(15)11(2,3)12-4/h6,12H,5,7H2,1-4H3,(H,14,15). The van der Waals surface area contributed by atoms with Gasteiger partial charge in [0.05, 0.1) is 18.3 Å². The first-order valence-electron chi connectivity index (χ1n) is 5.40. The molecule has 16 heavy (non-hydrogen) atoms. The molecule has 0 spiro atoms. The van der Waals surface area contributed by atoms with E-state index < -0.39 is 5.54 Å². The molecule has 0 unspecified atom stereocenters. The van der Waals surface area contributed by atoms with Crippen molar-refractivity contribution in [3.05, 3.63) is 17.8 Å². The number of nitrogens with zero attached hydrogens (tertiary/aromatic N) is 1. The summed E-state index contributed by atoms with van der Waals surface area (Å²) in [6, 6.07) is 0. The lowest BCUT2D eigenvalue weighted by Crippen LogP contribution is -2.50. The number of rotatable bonds is 5. The second-order valence-electron chi connectivity index (χ2n) is 4.13. The largest absolute Gasteiger partial charge is 0.444 e. The van der Waals surface area contributed by atoms with Crippen molar-refractivity contribution in [2.75, 3.05) is 7.05 Å². The number of oxazole rings is 1. The van der Waals surface area contributed by atoms with Crippen molar-refractivity contribution in [1.82, 2.24) is 15.6 Å². The second-order valence-corrected chi connectivity index (χ2v) is 4.13. The molecule has 0 radical (unpaired) electrons. The van der Waals surface area contributed by atoms with Gasteiger partial charge >= 0.3 is 0 Å². The van der Waals surface area contributed by atoms with Crippen LogP contribution in [0.1, 0.15) is 32.4 Å². The lowest BCUT2D eigenvalue weighted by Gasteiger charge is -2.22. The number of nitrogens with one attached hydrogen (secondary N) is 2. The fourth-order valence-electron chi connectivity index (χ4n) is 1.08. The van der Waals surface area contributed by atoms with Crippen molar-refractivity contribution in [2.24, 2.45) is 0 Å². The molecule has 5 heteroatoms. The van der Waals surface area contributed by atoms with Crippen LogP contribution in [0.4, 0.5) is 0 Å². The Morgan fingerprint density at radius 2 is 2.25 bits per heavy atom. The van der Waals surface area contributed by atoms with Gasteiger partial charge in [-0.3, -0.25) is 4.79 Å². The van der Waals surface area contributed by atoms with E-state index in [0.29, 0.717) is 12.4 Å². The van der Waals surface area contributed by atoms with E-state index in [1.165, 1.54) is 0 Å². The summed E-state index contributed by atoms with van der Waals surface area (Å²) in [5, 5.41) is 5.70. The minimum atomic E-state index is -0.583. The number of aryl methyl sites for hydroxylation is 1. The van der Waals surface area contributed by atoms with Crippen LogP contribution < -0.4 is 10.6 Å². The average Bonchev–Trinajstić information content (AvgIpc) is 2.73. The van der Waals surface area contributed by atoms with Crippen molar-refractivity contribution >= 4 is 5.91 Å². The van der Waals surface area contributed by atoms with E-state index >= 15 is 0 Å². The molecule has 0 atom stereocenters. The average molecular weight is 225 g/mol. The molecular weight excluding hydrogens is 206 g/mol. The third-order valence-corrected chi connectivity index (χ3v) is 2.54. The highest BCUT2D eigenvalue weighted by Gasteiger charge is 2.24. The minimum absolute atomic E-state index is 0.0775. The lowest BCUT2D eigenvalue weighted by molar-refractivity contribution is -0.126. The van der Waals surface area contributed by atoms with Gasteiger partial charge in [0, 0.05) is 6.42 Å². The molecule has 1 heterocycles. The third-order valence-electron chi connectivity index (χ3n) is 2.54. The van der Waals surface area contributed by atoms with E-state index in [4.69, 9.17) is 4.42 Å². The molecule has 2 N–H and O–H groups in total. The Labute approximate surface area is 95.6 Å². The quantitative estimate of drug-likeness (QED) is 0.779. The SMILES string of the molecule is CCc1cnc(CNC(=O)C(C)(C)NC)o1. The Morgan fingerprint density at radius 1 is 1.56 bits per heavy atom. The van der Waals surface area contributed by atoms with Crippen LogP contribution in [0.25, 0.3) is 0 Å². The highest BCUT2D eigenvalue weighted by atomic mass is 16.4. The maximum Gasteiger partial charge on any atom is 0.240 e. The minimum Gasteiger partial charge on any atom is -0.444 e. The van der Waals surface area contributed by atoms with Gasteiger partial charge in [0.2, 0.25) is 11.8 Å². The summed E-state index contributed by atoms with van der Waals surface area (Å²) in [5.41, 5.74) is -0.583. The van der Waals surface area contributed by atoms with E-state index in [2.05, 4.69) is 15.6 Å². The van der Waals surface area contributed by atoms with E-state index in [1.807, 2.05) is 20.8 Å². The summed E-state index contributed by atoms with van der Waals surface area (Å²) in [4.78, 5) is 15.8. The van der Waals surface area contributed by atoms with Gasteiger partial charge in [-0.2, -0.15) is 0 Å². The van der Waals surface area contributed by atoms with Gasteiger partial charge in [-0.25, -0.2) is 4.98 Å². The number of hydrogen-bond acceptors (Lipinski definition) is 4. The smallest absolute Gasteiger partial charge is 0.240 e. The first-order valence-corrected chi connectivity index (χ1v) is 5.40. The van der Waals surface area contributed by atoms with Crippen molar-refractivity contribution in [1.29, 1.82) is 0 Å². The molecule has 1 aromatic rings. The molecule has 0 aliphatic rings. The first-order chi connectivity index (χ1) is 7.49. The van der Waals surface area contributed by atoms with Crippen molar-refractivity contribution in [3.63, 3.8) is 0 Å². The summed E-state index contributed by atoms with van der Waals surface area (Å²) < 4.78 is 5.38. The number of carbonyl (C=O) groups is 1. The normalized spacial score (nSPS) is 11.5. The predicted octanol–water partition coefficient (Wildman–Crippen LogP) is 0.851. The molecule has 5 nitrogen and oxygen atoms in total. The molecule has 0 saturated carbocycles. The third kappa shape index (κ3) is 3.06. The molecular formula is C11H19N3O2. The Balaban J connectivity index is 2.49. The molecule has 1 aromatic heterocycles. The van der Waals surface area contributed by atoms with Crippen LogP contribution in [0.5, 0.6) is 0 Å². The van der Waals surface area contributed by atoms with Crippen LogP contribution in [0, 0.1) is 0 Å². The van der Waals surface area contributed by atoms with Crippen LogP contribution in [0.3, 0.4) is 0 Å². The van der Waals surface area contributed by atoms with Gasteiger partial charge in [0.25, 0.3) is 0 Å². The fraction of sp³-hybridized carbons (Fsp3) is 0.636. The van der Waals surface area contributed by atoms with Crippen LogP contribution in [0.15, 0.2) is 10.6 Å². The number of aromatic nitrogens is 1. The second kappa shape index (κ2) is 5.12. The fourth-order valence-corrected chi connectivity index (χ4v) is 1.08. The van der Waals surface area contributed by atoms with Gasteiger partial charge < -0.3 is 15.1 Å².